The summed E-state index contributed by atoms with van der Waals surface area (Å²) in [6.45, 7) is 1.85. The zero-order valence-corrected chi connectivity index (χ0v) is 19.3. The molecule has 4 rings (SSSR count). The zero-order valence-electron chi connectivity index (χ0n) is 17.1. The minimum absolute atomic E-state index is 0.0412. The summed E-state index contributed by atoms with van der Waals surface area (Å²) in [7, 11) is 0. The van der Waals surface area contributed by atoms with Gasteiger partial charge in [0.1, 0.15) is 6.04 Å². The number of allylic oxidation sites excluding steroid dienone is 1. The Bertz CT molecular complexity index is 1190. The molecule has 10 heteroatoms. The quantitative estimate of drug-likeness (QED) is 0.446. The molecular formula is C22H20Cl3N5O2. The fourth-order valence-corrected chi connectivity index (χ4v) is 3.99. The van der Waals surface area contributed by atoms with E-state index >= 15 is 0 Å². The lowest BCUT2D eigenvalue weighted by Gasteiger charge is -2.29. The Morgan fingerprint density at radius 2 is 1.91 bits per heavy atom. The molecule has 32 heavy (non-hydrogen) atoms. The van der Waals surface area contributed by atoms with Crippen LogP contribution in [0.25, 0.3) is 0 Å². The molecule has 0 bridgehead atoms. The van der Waals surface area contributed by atoms with Crippen LogP contribution in [0.4, 0.5) is 11.6 Å². The van der Waals surface area contributed by atoms with E-state index in [9.17, 15) is 4.79 Å². The SMILES string of the molecule is CC1=C(C(=O)Nc2ccc(Cl)cc2)C(c2ccc(Cl)c(Cl)c2)n2nc(CCCO)nc2N1. The Kier molecular flexibility index (Phi) is 6.71. The number of anilines is 2. The Morgan fingerprint density at radius 3 is 2.59 bits per heavy atom. The van der Waals surface area contributed by atoms with Crippen LogP contribution in [0.1, 0.15) is 30.8 Å². The minimum atomic E-state index is -0.580. The van der Waals surface area contributed by atoms with Crippen molar-refractivity contribution in [1.29, 1.82) is 0 Å². The van der Waals surface area contributed by atoms with Gasteiger partial charge in [0.05, 0.1) is 15.6 Å². The van der Waals surface area contributed by atoms with Gasteiger partial charge >= 0.3 is 0 Å². The molecule has 0 spiro atoms. The number of nitrogens with one attached hydrogen (secondary N) is 2. The molecule has 166 valence electrons. The number of nitrogens with zero attached hydrogens (tertiary/aromatic N) is 3. The molecule has 0 saturated heterocycles. The van der Waals surface area contributed by atoms with Gasteiger partial charge < -0.3 is 15.7 Å². The maximum Gasteiger partial charge on any atom is 0.255 e. The number of hydrogen-bond donors (Lipinski definition) is 3. The average molecular weight is 493 g/mol. The number of carbonyl (C=O) groups excluding carboxylic acids is 1. The lowest BCUT2D eigenvalue weighted by atomic mass is 9.95. The summed E-state index contributed by atoms with van der Waals surface area (Å²) < 4.78 is 1.66. The first-order valence-electron chi connectivity index (χ1n) is 9.93. The number of carbonyl (C=O) groups is 1. The standard InChI is InChI=1S/C22H20Cl3N5O2/c1-12-19(21(32)27-15-7-5-14(23)6-8-15)20(13-4-9-16(24)17(25)11-13)30-22(26-12)28-18(29-30)3-2-10-31/h4-9,11,20,31H,2-3,10H2,1H3,(H,27,32)(H,26,28,29). The molecule has 2 aromatic carbocycles. The molecule has 1 unspecified atom stereocenters. The lowest BCUT2D eigenvalue weighted by Crippen LogP contribution is -2.31. The fraction of sp³-hybridized carbons (Fsp3) is 0.227. The van der Waals surface area contributed by atoms with Crippen molar-refractivity contribution < 1.29 is 9.90 Å². The molecule has 1 aliphatic heterocycles. The Hall–Kier alpha value is -2.58. The second-order valence-corrected chi connectivity index (χ2v) is 8.57. The molecule has 2 heterocycles. The molecule has 1 atom stereocenters. The van der Waals surface area contributed by atoms with E-state index in [1.54, 1.807) is 41.1 Å². The highest BCUT2D eigenvalue weighted by atomic mass is 35.5. The summed E-state index contributed by atoms with van der Waals surface area (Å²) in [4.78, 5) is 17.9. The molecule has 3 aromatic rings. The van der Waals surface area contributed by atoms with Crippen molar-refractivity contribution >= 4 is 52.3 Å². The third-order valence-corrected chi connectivity index (χ3v) is 6.05. The number of aliphatic hydroxyl groups is 1. The molecule has 0 aliphatic carbocycles. The topological polar surface area (TPSA) is 92.1 Å². The fourth-order valence-electron chi connectivity index (χ4n) is 3.55. The molecule has 3 N–H and O–H groups in total. The first-order chi connectivity index (χ1) is 15.4. The number of amides is 1. The summed E-state index contributed by atoms with van der Waals surface area (Å²) in [5, 5.41) is 21.2. The molecule has 0 radical (unpaired) electrons. The van der Waals surface area contributed by atoms with Crippen molar-refractivity contribution in [3.63, 3.8) is 0 Å². The van der Waals surface area contributed by atoms with Gasteiger partial charge in [-0.3, -0.25) is 4.79 Å². The van der Waals surface area contributed by atoms with Gasteiger partial charge in [-0.25, -0.2) is 4.68 Å². The summed E-state index contributed by atoms with van der Waals surface area (Å²) in [6.07, 6.45) is 1.05. The van der Waals surface area contributed by atoms with E-state index in [2.05, 4.69) is 20.7 Å². The van der Waals surface area contributed by atoms with Crippen molar-refractivity contribution in [3.8, 4) is 0 Å². The zero-order chi connectivity index (χ0) is 22.8. The number of halogens is 3. The molecular weight excluding hydrogens is 473 g/mol. The van der Waals surface area contributed by atoms with Crippen LogP contribution in [0, 0.1) is 0 Å². The molecule has 1 amide bonds. The van der Waals surface area contributed by atoms with Gasteiger partial charge in [0.25, 0.3) is 5.91 Å². The van der Waals surface area contributed by atoms with Crippen LogP contribution in [0.3, 0.4) is 0 Å². The van der Waals surface area contributed by atoms with Crippen LogP contribution < -0.4 is 10.6 Å². The van der Waals surface area contributed by atoms with E-state index in [0.717, 1.165) is 5.56 Å². The number of aromatic nitrogens is 3. The van der Waals surface area contributed by atoms with E-state index in [1.807, 2.05) is 13.0 Å². The van der Waals surface area contributed by atoms with Gasteiger partial charge in [0, 0.05) is 29.4 Å². The first-order valence-corrected chi connectivity index (χ1v) is 11.1. The molecule has 1 aromatic heterocycles. The van der Waals surface area contributed by atoms with Gasteiger partial charge in [0.15, 0.2) is 5.82 Å². The third-order valence-electron chi connectivity index (χ3n) is 5.06. The second-order valence-electron chi connectivity index (χ2n) is 7.32. The highest BCUT2D eigenvalue weighted by molar-refractivity contribution is 6.42. The van der Waals surface area contributed by atoms with Crippen molar-refractivity contribution in [2.24, 2.45) is 0 Å². The maximum atomic E-state index is 13.4. The van der Waals surface area contributed by atoms with E-state index in [-0.39, 0.29) is 12.5 Å². The van der Waals surface area contributed by atoms with E-state index in [4.69, 9.17) is 39.9 Å². The van der Waals surface area contributed by atoms with Crippen LogP contribution in [0.2, 0.25) is 15.1 Å². The Balaban J connectivity index is 1.77. The highest BCUT2D eigenvalue weighted by Gasteiger charge is 2.34. The third kappa shape index (κ3) is 4.61. The van der Waals surface area contributed by atoms with Crippen molar-refractivity contribution in [1.82, 2.24) is 14.8 Å². The number of rotatable bonds is 6. The molecule has 7 nitrogen and oxygen atoms in total. The monoisotopic (exact) mass is 491 g/mol. The second kappa shape index (κ2) is 9.50. The average Bonchev–Trinajstić information content (AvgIpc) is 3.17. The predicted octanol–water partition coefficient (Wildman–Crippen LogP) is 5.09. The summed E-state index contributed by atoms with van der Waals surface area (Å²) in [5.74, 6) is 0.778. The lowest BCUT2D eigenvalue weighted by molar-refractivity contribution is -0.113. The summed E-state index contributed by atoms with van der Waals surface area (Å²) in [6, 6.07) is 11.5. The smallest absolute Gasteiger partial charge is 0.255 e. The van der Waals surface area contributed by atoms with Crippen LogP contribution >= 0.6 is 34.8 Å². The largest absolute Gasteiger partial charge is 0.396 e. The van der Waals surface area contributed by atoms with E-state index < -0.39 is 6.04 Å². The van der Waals surface area contributed by atoms with Crippen LogP contribution in [0.15, 0.2) is 53.7 Å². The van der Waals surface area contributed by atoms with Crippen LogP contribution in [0.5, 0.6) is 0 Å². The van der Waals surface area contributed by atoms with Gasteiger partial charge in [-0.2, -0.15) is 10.1 Å². The summed E-state index contributed by atoms with van der Waals surface area (Å²) >= 11 is 18.4. The Morgan fingerprint density at radius 1 is 1.16 bits per heavy atom. The number of benzene rings is 2. The molecule has 0 saturated carbocycles. The number of hydrogen-bond acceptors (Lipinski definition) is 5. The van der Waals surface area contributed by atoms with E-state index in [1.165, 1.54) is 0 Å². The number of aryl methyl sites for hydroxylation is 1. The van der Waals surface area contributed by atoms with Gasteiger partial charge in [0.2, 0.25) is 5.95 Å². The van der Waals surface area contributed by atoms with Crippen LogP contribution in [-0.4, -0.2) is 32.4 Å². The number of aliphatic hydroxyl groups excluding tert-OH is 1. The Labute approximate surface area is 200 Å². The normalized spacial score (nSPS) is 15.3. The highest BCUT2D eigenvalue weighted by Crippen LogP contribution is 2.37. The van der Waals surface area contributed by atoms with Crippen molar-refractivity contribution in [3.05, 3.63) is 80.2 Å². The maximum absolute atomic E-state index is 13.4. The van der Waals surface area contributed by atoms with Gasteiger partial charge in [-0.15, -0.1) is 0 Å². The predicted molar refractivity (Wildman–Crippen MR) is 126 cm³/mol. The summed E-state index contributed by atoms with van der Waals surface area (Å²) in [5.41, 5.74) is 2.45. The molecule has 0 fully saturated rings. The minimum Gasteiger partial charge on any atom is -0.396 e. The molecule has 1 aliphatic rings. The number of fused-ring (bicyclic) bond motifs is 1. The first kappa shape index (κ1) is 22.6. The van der Waals surface area contributed by atoms with Crippen LogP contribution in [-0.2, 0) is 11.2 Å². The van der Waals surface area contributed by atoms with Gasteiger partial charge in [-0.05, 0) is 55.3 Å². The van der Waals surface area contributed by atoms with Gasteiger partial charge in [-0.1, -0.05) is 40.9 Å². The van der Waals surface area contributed by atoms with E-state index in [0.29, 0.717) is 56.6 Å². The van der Waals surface area contributed by atoms with Crippen molar-refractivity contribution in [2.45, 2.75) is 25.8 Å². The van der Waals surface area contributed by atoms with Crippen molar-refractivity contribution in [2.75, 3.05) is 17.2 Å².